The molecule has 0 unspecified atom stereocenters. The van der Waals surface area contributed by atoms with Gasteiger partial charge in [0.25, 0.3) is 0 Å². The van der Waals surface area contributed by atoms with Crippen LogP contribution in [-0.4, -0.2) is 34.7 Å². The SMILES string of the molecule is CCCCc1cn(-c2c(CCC)cccc2C(C)(C)C)c(=O)n1Cc1ccc(-c2ccccc2-c2nn[nH]n2)cn1. The van der Waals surface area contributed by atoms with E-state index in [1.807, 2.05) is 51.7 Å². The number of benzene rings is 2. The molecule has 0 saturated carbocycles. The van der Waals surface area contributed by atoms with Crippen LogP contribution < -0.4 is 5.69 Å². The molecule has 1 N–H and O–H groups in total. The second-order valence-corrected chi connectivity index (χ2v) is 11.6. The lowest BCUT2D eigenvalue weighted by molar-refractivity contribution is 0.582. The van der Waals surface area contributed by atoms with Gasteiger partial charge in [0.15, 0.2) is 0 Å². The number of unbranched alkanes of at least 4 members (excludes halogenated alkanes) is 1. The van der Waals surface area contributed by atoms with Crippen LogP contribution >= 0.6 is 0 Å². The first-order chi connectivity index (χ1) is 19.8. The van der Waals surface area contributed by atoms with Crippen molar-refractivity contribution in [2.24, 2.45) is 0 Å². The third-order valence-electron chi connectivity index (χ3n) is 7.51. The van der Waals surface area contributed by atoms with Crippen LogP contribution in [0.1, 0.15) is 76.4 Å². The molecule has 0 aliphatic heterocycles. The number of nitrogens with one attached hydrogen (secondary N) is 1. The number of aromatic amines is 1. The lowest BCUT2D eigenvalue weighted by Gasteiger charge is -2.25. The zero-order chi connectivity index (χ0) is 29.0. The van der Waals surface area contributed by atoms with E-state index in [1.54, 1.807) is 0 Å². The van der Waals surface area contributed by atoms with E-state index in [0.29, 0.717) is 12.4 Å². The van der Waals surface area contributed by atoms with Crippen molar-refractivity contribution in [3.63, 3.8) is 0 Å². The number of aromatic nitrogens is 7. The van der Waals surface area contributed by atoms with Crippen LogP contribution in [0.2, 0.25) is 0 Å². The zero-order valence-corrected chi connectivity index (χ0v) is 24.7. The van der Waals surface area contributed by atoms with Crippen LogP contribution in [0.15, 0.2) is 71.8 Å². The monoisotopic (exact) mass is 549 g/mol. The van der Waals surface area contributed by atoms with Crippen molar-refractivity contribution in [2.45, 2.75) is 78.7 Å². The number of hydrogen-bond acceptors (Lipinski definition) is 5. The van der Waals surface area contributed by atoms with E-state index < -0.39 is 0 Å². The number of H-pyrrole nitrogens is 1. The van der Waals surface area contributed by atoms with Crippen LogP contribution in [0.4, 0.5) is 0 Å². The Morgan fingerprint density at radius 3 is 2.37 bits per heavy atom. The van der Waals surface area contributed by atoms with Gasteiger partial charge in [-0.3, -0.25) is 14.1 Å². The van der Waals surface area contributed by atoms with Crippen molar-refractivity contribution >= 4 is 0 Å². The predicted molar refractivity (Wildman–Crippen MR) is 163 cm³/mol. The summed E-state index contributed by atoms with van der Waals surface area (Å²) in [5.41, 5.74) is 8.00. The van der Waals surface area contributed by atoms with Crippen molar-refractivity contribution in [2.75, 3.05) is 0 Å². The normalized spacial score (nSPS) is 11.7. The smallest absolute Gasteiger partial charge is 0.290 e. The van der Waals surface area contributed by atoms with Crippen LogP contribution in [0.3, 0.4) is 0 Å². The van der Waals surface area contributed by atoms with Gasteiger partial charge in [0, 0.05) is 29.2 Å². The van der Waals surface area contributed by atoms with Gasteiger partial charge in [-0.15, -0.1) is 10.2 Å². The first-order valence-corrected chi connectivity index (χ1v) is 14.5. The van der Waals surface area contributed by atoms with Gasteiger partial charge in [-0.25, -0.2) is 4.79 Å². The fourth-order valence-corrected chi connectivity index (χ4v) is 5.41. The van der Waals surface area contributed by atoms with Gasteiger partial charge in [-0.2, -0.15) is 5.21 Å². The zero-order valence-electron chi connectivity index (χ0n) is 24.7. The van der Waals surface area contributed by atoms with Crippen molar-refractivity contribution in [1.29, 1.82) is 0 Å². The van der Waals surface area contributed by atoms with E-state index in [9.17, 15) is 4.79 Å². The molecule has 5 aromatic rings. The van der Waals surface area contributed by atoms with E-state index in [-0.39, 0.29) is 11.1 Å². The number of pyridine rings is 1. The molecule has 212 valence electrons. The van der Waals surface area contributed by atoms with E-state index in [1.165, 1.54) is 11.1 Å². The molecule has 2 aromatic carbocycles. The number of tetrazole rings is 1. The Balaban J connectivity index is 1.54. The predicted octanol–water partition coefficient (Wildman–Crippen LogP) is 6.52. The first kappa shape index (κ1) is 28.2. The molecule has 3 aromatic heterocycles. The maximum Gasteiger partial charge on any atom is 0.333 e. The summed E-state index contributed by atoms with van der Waals surface area (Å²) in [4.78, 5) is 18.9. The molecule has 0 aliphatic rings. The highest BCUT2D eigenvalue weighted by Gasteiger charge is 2.24. The van der Waals surface area contributed by atoms with E-state index in [4.69, 9.17) is 4.98 Å². The molecule has 41 heavy (non-hydrogen) atoms. The highest BCUT2D eigenvalue weighted by Crippen LogP contribution is 2.32. The maximum atomic E-state index is 14.1. The molecule has 0 aliphatic carbocycles. The lowest BCUT2D eigenvalue weighted by atomic mass is 9.84. The summed E-state index contributed by atoms with van der Waals surface area (Å²) in [7, 11) is 0. The highest BCUT2D eigenvalue weighted by molar-refractivity contribution is 5.79. The molecule has 8 nitrogen and oxygen atoms in total. The molecule has 0 bridgehead atoms. The Morgan fingerprint density at radius 2 is 1.71 bits per heavy atom. The third-order valence-corrected chi connectivity index (χ3v) is 7.51. The molecule has 0 fully saturated rings. The van der Waals surface area contributed by atoms with Crippen molar-refractivity contribution in [3.8, 4) is 28.2 Å². The number of imidazole rings is 1. The largest absolute Gasteiger partial charge is 0.333 e. The lowest BCUT2D eigenvalue weighted by Crippen LogP contribution is -2.28. The Labute approximate surface area is 241 Å². The summed E-state index contributed by atoms with van der Waals surface area (Å²) in [5.74, 6) is 0.538. The van der Waals surface area contributed by atoms with Gasteiger partial charge in [0.2, 0.25) is 5.82 Å². The fraction of sp³-hybridized carbons (Fsp3) is 0.364. The van der Waals surface area contributed by atoms with Gasteiger partial charge in [0.1, 0.15) is 0 Å². The van der Waals surface area contributed by atoms with Crippen LogP contribution in [0.25, 0.3) is 28.2 Å². The minimum Gasteiger partial charge on any atom is -0.290 e. The Morgan fingerprint density at radius 1 is 0.902 bits per heavy atom. The fourth-order valence-electron chi connectivity index (χ4n) is 5.41. The standard InChI is InChI=1S/C33H39N7O/c1-6-8-14-26-22-40(30-23(12-7-2)13-11-17-29(30)33(3,4)5)32(41)39(26)21-25-19-18-24(20-34-25)27-15-9-10-16-28(27)31-35-37-38-36-31/h9-11,13,15-20,22H,6-8,12,14,21H2,1-5H3,(H,35,36,37,38). The van der Waals surface area contributed by atoms with Gasteiger partial charge in [-0.1, -0.05) is 96.0 Å². The number of hydrogen-bond donors (Lipinski definition) is 1. The Hall–Kier alpha value is -4.33. The van der Waals surface area contributed by atoms with E-state index in [0.717, 1.165) is 65.9 Å². The number of nitrogens with zero attached hydrogens (tertiary/aromatic N) is 6. The molecule has 0 atom stereocenters. The molecule has 8 heteroatoms. The minimum absolute atomic E-state index is 0.0153. The average Bonchev–Trinajstić information content (AvgIpc) is 3.61. The number of rotatable bonds is 10. The highest BCUT2D eigenvalue weighted by atomic mass is 16.1. The summed E-state index contributed by atoms with van der Waals surface area (Å²) in [6.07, 6.45) is 8.79. The summed E-state index contributed by atoms with van der Waals surface area (Å²) < 4.78 is 3.80. The van der Waals surface area contributed by atoms with Crippen LogP contribution in [0.5, 0.6) is 0 Å². The molecular formula is C33H39N7O. The second-order valence-electron chi connectivity index (χ2n) is 11.6. The van der Waals surface area contributed by atoms with Crippen molar-refractivity contribution in [1.82, 2.24) is 34.7 Å². The molecule has 3 heterocycles. The summed E-state index contributed by atoms with van der Waals surface area (Å²) in [6.45, 7) is 11.4. The molecule has 5 rings (SSSR count). The number of para-hydroxylation sites is 1. The van der Waals surface area contributed by atoms with Gasteiger partial charge >= 0.3 is 5.69 Å². The van der Waals surface area contributed by atoms with Crippen LogP contribution in [0, 0.1) is 0 Å². The maximum absolute atomic E-state index is 14.1. The third kappa shape index (κ3) is 5.92. The summed E-state index contributed by atoms with van der Waals surface area (Å²) in [6, 6.07) is 18.4. The van der Waals surface area contributed by atoms with Gasteiger partial charge in [-0.05, 0) is 52.6 Å². The molecule has 0 saturated heterocycles. The van der Waals surface area contributed by atoms with Crippen LogP contribution in [-0.2, 0) is 24.8 Å². The van der Waals surface area contributed by atoms with Gasteiger partial charge < -0.3 is 0 Å². The topological polar surface area (TPSA) is 94.3 Å². The minimum atomic E-state index is -0.0978. The first-order valence-electron chi connectivity index (χ1n) is 14.5. The molecule has 0 radical (unpaired) electrons. The molecular weight excluding hydrogens is 510 g/mol. The van der Waals surface area contributed by atoms with Crippen molar-refractivity contribution < 1.29 is 0 Å². The summed E-state index contributed by atoms with van der Waals surface area (Å²) >= 11 is 0. The van der Waals surface area contributed by atoms with E-state index >= 15 is 0 Å². The Bertz CT molecular complexity index is 1660. The second kappa shape index (κ2) is 12.0. The van der Waals surface area contributed by atoms with Crippen molar-refractivity contribution in [3.05, 3.63) is 100.0 Å². The summed E-state index contributed by atoms with van der Waals surface area (Å²) in [5, 5.41) is 14.5. The molecule has 0 spiro atoms. The Kier molecular flexibility index (Phi) is 8.28. The van der Waals surface area contributed by atoms with Gasteiger partial charge in [0.05, 0.1) is 17.9 Å². The van der Waals surface area contributed by atoms with E-state index in [2.05, 4.69) is 79.6 Å². The molecule has 0 amide bonds. The quantitative estimate of drug-likeness (QED) is 0.214. The number of aryl methyl sites for hydroxylation is 2. The average molecular weight is 550 g/mol.